The molecule has 0 saturated carbocycles. The molecule has 0 radical (unpaired) electrons. The Morgan fingerprint density at radius 2 is 1.67 bits per heavy atom. The lowest BCUT2D eigenvalue weighted by Crippen LogP contribution is -1.89. The van der Waals surface area contributed by atoms with Crippen LogP contribution in [0, 0.1) is 5.82 Å². The normalized spacial score (nSPS) is 10.9. The van der Waals surface area contributed by atoms with Gasteiger partial charge in [-0.05, 0) is 23.6 Å². The Labute approximate surface area is 113 Å². The van der Waals surface area contributed by atoms with E-state index in [2.05, 4.69) is 38.7 Å². The van der Waals surface area contributed by atoms with Gasteiger partial charge in [0, 0.05) is 5.92 Å². The predicted octanol–water partition coefficient (Wildman–Crippen LogP) is 5.71. The maximum absolute atomic E-state index is 13.8. The van der Waals surface area contributed by atoms with Gasteiger partial charge >= 0.3 is 0 Å². The number of thiazole rings is 1. The molecule has 0 spiro atoms. The van der Waals surface area contributed by atoms with Gasteiger partial charge in [0.1, 0.15) is 5.52 Å². The lowest BCUT2D eigenvalue weighted by Gasteiger charge is -2.04. The Morgan fingerprint density at radius 3 is 2.17 bits per heavy atom. The van der Waals surface area contributed by atoms with Crippen molar-refractivity contribution in [2.24, 2.45) is 0 Å². The third-order valence-electron chi connectivity index (χ3n) is 2.65. The van der Waals surface area contributed by atoms with E-state index in [1.165, 1.54) is 0 Å². The lowest BCUT2D eigenvalue weighted by atomic mass is 10.0. The highest BCUT2D eigenvalue weighted by atomic mass is 32.1. The van der Waals surface area contributed by atoms with E-state index < -0.39 is 0 Å². The second-order valence-electron chi connectivity index (χ2n) is 4.71. The molecule has 0 saturated heterocycles. The van der Waals surface area contributed by atoms with Crippen molar-refractivity contribution in [2.45, 2.75) is 53.4 Å². The Kier molecular flexibility index (Phi) is 5.27. The molecule has 0 aliphatic heterocycles. The summed E-state index contributed by atoms with van der Waals surface area (Å²) in [7, 11) is 0. The van der Waals surface area contributed by atoms with Gasteiger partial charge in [-0.2, -0.15) is 0 Å². The first kappa shape index (κ1) is 15.1. The Hall–Kier alpha value is -0.960. The topological polar surface area (TPSA) is 12.9 Å². The Balaban J connectivity index is 0.000000771. The molecule has 0 amide bonds. The zero-order valence-corrected chi connectivity index (χ0v) is 12.9. The monoisotopic (exact) mass is 267 g/mol. The highest BCUT2D eigenvalue weighted by Crippen LogP contribution is 2.31. The molecule has 3 heteroatoms. The summed E-state index contributed by atoms with van der Waals surface area (Å²) < 4.78 is 14.8. The average Bonchev–Trinajstić information content (AvgIpc) is 2.76. The first-order valence-electron chi connectivity index (χ1n) is 6.59. The summed E-state index contributed by atoms with van der Waals surface area (Å²) in [5.41, 5.74) is 1.57. The highest BCUT2D eigenvalue weighted by Gasteiger charge is 2.13. The number of fused-ring (bicyclic) bond motifs is 1. The van der Waals surface area contributed by atoms with Gasteiger partial charge in [0.2, 0.25) is 0 Å². The smallest absolute Gasteiger partial charge is 0.150 e. The molecule has 1 heterocycles. The van der Waals surface area contributed by atoms with Crippen LogP contribution in [0.1, 0.15) is 63.9 Å². The van der Waals surface area contributed by atoms with E-state index in [-0.39, 0.29) is 5.82 Å². The molecule has 100 valence electrons. The van der Waals surface area contributed by atoms with Crippen molar-refractivity contribution in [1.29, 1.82) is 0 Å². The third kappa shape index (κ3) is 3.08. The number of rotatable bonds is 2. The molecule has 0 bridgehead atoms. The molecule has 0 N–H and O–H groups in total. The molecule has 2 rings (SSSR count). The van der Waals surface area contributed by atoms with Crippen LogP contribution in [0.2, 0.25) is 0 Å². The lowest BCUT2D eigenvalue weighted by molar-refractivity contribution is 0.632. The fourth-order valence-electron chi connectivity index (χ4n) is 1.61. The van der Waals surface area contributed by atoms with Crippen LogP contribution in [0.5, 0.6) is 0 Å². The van der Waals surface area contributed by atoms with Crippen molar-refractivity contribution in [3.63, 3.8) is 0 Å². The number of benzene rings is 1. The number of aromatic nitrogens is 1. The molecule has 1 nitrogen and oxygen atoms in total. The van der Waals surface area contributed by atoms with E-state index in [1.54, 1.807) is 17.4 Å². The summed E-state index contributed by atoms with van der Waals surface area (Å²) in [5.74, 6) is 0.521. The second kappa shape index (κ2) is 6.28. The van der Waals surface area contributed by atoms with Crippen molar-refractivity contribution in [3.05, 3.63) is 28.5 Å². The van der Waals surface area contributed by atoms with E-state index in [0.717, 1.165) is 15.3 Å². The van der Waals surface area contributed by atoms with Crippen LogP contribution in [-0.2, 0) is 0 Å². The van der Waals surface area contributed by atoms with Crippen LogP contribution in [0.4, 0.5) is 4.39 Å². The van der Waals surface area contributed by atoms with Crippen LogP contribution in [0.25, 0.3) is 10.2 Å². The van der Waals surface area contributed by atoms with Gasteiger partial charge < -0.3 is 0 Å². The minimum absolute atomic E-state index is 0.190. The number of nitrogens with zero attached hydrogens (tertiary/aromatic N) is 1. The SMILES string of the molecule is CC.CC(C)c1cc(F)c2nc(C(C)C)sc2c1. The van der Waals surface area contributed by atoms with Crippen LogP contribution < -0.4 is 0 Å². The third-order valence-corrected chi connectivity index (χ3v) is 3.95. The molecule has 18 heavy (non-hydrogen) atoms. The van der Waals surface area contributed by atoms with E-state index in [0.29, 0.717) is 17.4 Å². The van der Waals surface area contributed by atoms with Crippen molar-refractivity contribution >= 4 is 21.6 Å². The fourth-order valence-corrected chi connectivity index (χ4v) is 2.64. The molecular weight excluding hydrogens is 245 g/mol. The van der Waals surface area contributed by atoms with Gasteiger partial charge in [0.25, 0.3) is 0 Å². The minimum atomic E-state index is -0.190. The first-order chi connectivity index (χ1) is 8.49. The highest BCUT2D eigenvalue weighted by molar-refractivity contribution is 7.18. The largest absolute Gasteiger partial charge is 0.238 e. The quantitative estimate of drug-likeness (QED) is 0.679. The van der Waals surface area contributed by atoms with Crippen LogP contribution >= 0.6 is 11.3 Å². The molecule has 1 aromatic carbocycles. The molecule has 0 aliphatic rings. The molecule has 1 aromatic heterocycles. The van der Waals surface area contributed by atoms with Crippen molar-refractivity contribution < 1.29 is 4.39 Å². The van der Waals surface area contributed by atoms with Gasteiger partial charge in [0.15, 0.2) is 5.82 Å². The predicted molar refractivity (Wildman–Crippen MR) is 79.1 cm³/mol. The van der Waals surface area contributed by atoms with Gasteiger partial charge in [-0.1, -0.05) is 41.5 Å². The zero-order valence-electron chi connectivity index (χ0n) is 12.0. The van der Waals surface area contributed by atoms with Crippen LogP contribution in [0.3, 0.4) is 0 Å². The first-order valence-corrected chi connectivity index (χ1v) is 7.40. The van der Waals surface area contributed by atoms with E-state index in [4.69, 9.17) is 0 Å². The molecule has 0 atom stereocenters. The average molecular weight is 267 g/mol. The summed E-state index contributed by atoms with van der Waals surface area (Å²) >= 11 is 1.60. The van der Waals surface area contributed by atoms with Gasteiger partial charge in [-0.15, -0.1) is 11.3 Å². The molecular formula is C15H22FNS. The molecule has 2 aromatic rings. The van der Waals surface area contributed by atoms with E-state index in [1.807, 2.05) is 13.8 Å². The summed E-state index contributed by atoms with van der Waals surface area (Å²) in [4.78, 5) is 4.36. The van der Waals surface area contributed by atoms with E-state index >= 15 is 0 Å². The van der Waals surface area contributed by atoms with E-state index in [9.17, 15) is 4.39 Å². The minimum Gasteiger partial charge on any atom is -0.238 e. The summed E-state index contributed by atoms with van der Waals surface area (Å²) in [6.07, 6.45) is 0. The van der Waals surface area contributed by atoms with Gasteiger partial charge in [-0.3, -0.25) is 0 Å². The fraction of sp³-hybridized carbons (Fsp3) is 0.533. The summed E-state index contributed by atoms with van der Waals surface area (Å²) in [6.45, 7) is 12.3. The summed E-state index contributed by atoms with van der Waals surface area (Å²) in [5, 5.41) is 1.01. The number of hydrogen-bond acceptors (Lipinski definition) is 2. The van der Waals surface area contributed by atoms with Crippen molar-refractivity contribution in [3.8, 4) is 0 Å². The molecule has 0 aliphatic carbocycles. The Bertz CT molecular complexity index is 514. The maximum atomic E-state index is 13.8. The van der Waals surface area contributed by atoms with Gasteiger partial charge in [-0.25, -0.2) is 9.37 Å². The van der Waals surface area contributed by atoms with Gasteiger partial charge in [0.05, 0.1) is 9.71 Å². The zero-order chi connectivity index (χ0) is 13.9. The number of halogens is 1. The summed E-state index contributed by atoms with van der Waals surface area (Å²) in [6, 6.07) is 3.67. The van der Waals surface area contributed by atoms with Crippen molar-refractivity contribution in [2.75, 3.05) is 0 Å². The Morgan fingerprint density at radius 1 is 1.06 bits per heavy atom. The molecule has 0 fully saturated rings. The number of hydrogen-bond donors (Lipinski definition) is 0. The second-order valence-corrected chi connectivity index (χ2v) is 5.77. The molecule has 0 unspecified atom stereocenters. The van der Waals surface area contributed by atoms with Crippen LogP contribution in [0.15, 0.2) is 12.1 Å². The maximum Gasteiger partial charge on any atom is 0.150 e. The van der Waals surface area contributed by atoms with Crippen molar-refractivity contribution in [1.82, 2.24) is 4.98 Å². The van der Waals surface area contributed by atoms with Crippen LogP contribution in [-0.4, -0.2) is 4.98 Å². The standard InChI is InChI=1S/C13H16FNS.C2H6/c1-7(2)9-5-10(14)12-11(6-9)16-13(15-12)8(3)4;1-2/h5-8H,1-4H3;1-2H3.